The van der Waals surface area contributed by atoms with Crippen LogP contribution < -0.4 is 10.5 Å². The summed E-state index contributed by atoms with van der Waals surface area (Å²) in [5.74, 6) is 0.922. The molecule has 1 aliphatic rings. The Bertz CT molecular complexity index is 785. The first-order valence-electron chi connectivity index (χ1n) is 8.71. The first-order valence-corrected chi connectivity index (χ1v) is 8.71. The van der Waals surface area contributed by atoms with E-state index in [0.29, 0.717) is 6.54 Å². The number of likely N-dealkylation sites (tertiary alicyclic amines) is 1. The number of nitrogens with zero attached hydrogens (tertiary/aromatic N) is 2. The second-order valence-corrected chi connectivity index (χ2v) is 7.31. The van der Waals surface area contributed by atoms with Gasteiger partial charge in [-0.1, -0.05) is 6.92 Å². The number of benzene rings is 1. The number of hydrogen-bond acceptors (Lipinski definition) is 3. The molecule has 2 heterocycles. The van der Waals surface area contributed by atoms with Crippen molar-refractivity contribution in [2.24, 2.45) is 11.1 Å². The Kier molecular flexibility index (Phi) is 6.04. The molecule has 1 aromatic carbocycles. The van der Waals surface area contributed by atoms with E-state index in [9.17, 15) is 4.79 Å². The molecule has 1 aromatic heterocycles. The maximum absolute atomic E-state index is 13.0. The number of carbonyl (C=O) groups is 1. The highest BCUT2D eigenvalue weighted by atomic mass is 35.5. The van der Waals surface area contributed by atoms with Crippen LogP contribution in [0.4, 0.5) is 0 Å². The third-order valence-corrected chi connectivity index (χ3v) is 5.33. The number of hydrogen-bond donors (Lipinski definition) is 1. The average Bonchev–Trinajstić information content (AvgIpc) is 3.15. The Hall–Kier alpha value is -1.98. The van der Waals surface area contributed by atoms with Crippen LogP contribution in [-0.2, 0) is 0 Å². The maximum Gasteiger partial charge on any atom is 0.255 e. The lowest BCUT2D eigenvalue weighted by molar-refractivity contribution is 0.0776. The molecule has 2 N–H and O–H groups in total. The highest BCUT2D eigenvalue weighted by molar-refractivity contribution is 5.96. The zero-order valence-corrected chi connectivity index (χ0v) is 16.7. The van der Waals surface area contributed by atoms with Crippen LogP contribution in [0, 0.1) is 19.3 Å². The standard InChI is InChI=1S/C20H27N3O2.ClH/c1-14-11-18(19(24)22-10-9-20(3,12-21)13-22)15(2)23(14)16-5-7-17(25-4)8-6-16;/h5-8,11H,9-10,12-13,21H2,1-4H3;1H. The molecule has 6 heteroatoms. The third kappa shape index (κ3) is 3.60. The quantitative estimate of drug-likeness (QED) is 0.888. The van der Waals surface area contributed by atoms with E-state index >= 15 is 0 Å². The molecule has 0 aliphatic carbocycles. The Morgan fingerprint density at radius 1 is 1.27 bits per heavy atom. The van der Waals surface area contributed by atoms with E-state index in [1.165, 1.54) is 0 Å². The lowest BCUT2D eigenvalue weighted by Gasteiger charge is -2.22. The predicted molar refractivity (Wildman–Crippen MR) is 107 cm³/mol. The van der Waals surface area contributed by atoms with Crippen LogP contribution in [0.25, 0.3) is 5.69 Å². The van der Waals surface area contributed by atoms with Gasteiger partial charge in [-0.05, 0) is 62.6 Å². The number of aromatic nitrogens is 1. The van der Waals surface area contributed by atoms with Gasteiger partial charge in [0, 0.05) is 30.2 Å². The van der Waals surface area contributed by atoms with Crippen molar-refractivity contribution in [1.29, 1.82) is 0 Å². The SMILES string of the molecule is COc1ccc(-n2c(C)cc(C(=O)N3CCC(C)(CN)C3)c2C)cc1.Cl. The Morgan fingerprint density at radius 3 is 2.46 bits per heavy atom. The first kappa shape index (κ1) is 20.3. The molecular weight excluding hydrogens is 350 g/mol. The summed E-state index contributed by atoms with van der Waals surface area (Å²) in [6.07, 6.45) is 0.965. The molecule has 2 aromatic rings. The Labute approximate surface area is 161 Å². The molecular formula is C20H28ClN3O2. The molecule has 5 nitrogen and oxygen atoms in total. The van der Waals surface area contributed by atoms with Crippen LogP contribution in [0.3, 0.4) is 0 Å². The number of rotatable bonds is 4. The van der Waals surface area contributed by atoms with Crippen molar-refractivity contribution in [3.05, 3.63) is 47.3 Å². The fraction of sp³-hybridized carbons (Fsp3) is 0.450. The molecule has 0 spiro atoms. The largest absolute Gasteiger partial charge is 0.497 e. The van der Waals surface area contributed by atoms with E-state index < -0.39 is 0 Å². The van der Waals surface area contributed by atoms with Crippen molar-refractivity contribution in [2.45, 2.75) is 27.2 Å². The summed E-state index contributed by atoms with van der Waals surface area (Å²) >= 11 is 0. The smallest absolute Gasteiger partial charge is 0.255 e. The van der Waals surface area contributed by atoms with Gasteiger partial charge in [0.05, 0.1) is 12.7 Å². The number of nitrogens with two attached hydrogens (primary N) is 1. The zero-order valence-electron chi connectivity index (χ0n) is 15.9. The summed E-state index contributed by atoms with van der Waals surface area (Å²) < 4.78 is 7.34. The van der Waals surface area contributed by atoms with Gasteiger partial charge in [0.1, 0.15) is 5.75 Å². The summed E-state index contributed by atoms with van der Waals surface area (Å²) in [6, 6.07) is 9.87. The van der Waals surface area contributed by atoms with Gasteiger partial charge >= 0.3 is 0 Å². The number of methoxy groups -OCH3 is 1. The van der Waals surface area contributed by atoms with Gasteiger partial charge in [0.2, 0.25) is 0 Å². The lowest BCUT2D eigenvalue weighted by Crippen LogP contribution is -2.34. The number of halogens is 1. The van der Waals surface area contributed by atoms with Crippen molar-refractivity contribution in [3.63, 3.8) is 0 Å². The van der Waals surface area contributed by atoms with Gasteiger partial charge in [-0.2, -0.15) is 0 Å². The fourth-order valence-corrected chi connectivity index (χ4v) is 3.64. The van der Waals surface area contributed by atoms with Crippen molar-refractivity contribution >= 4 is 18.3 Å². The molecule has 142 valence electrons. The topological polar surface area (TPSA) is 60.5 Å². The summed E-state index contributed by atoms with van der Waals surface area (Å²) in [7, 11) is 1.66. The summed E-state index contributed by atoms with van der Waals surface area (Å²) in [6.45, 7) is 8.31. The van der Waals surface area contributed by atoms with E-state index in [-0.39, 0.29) is 23.7 Å². The van der Waals surface area contributed by atoms with Crippen LogP contribution in [0.15, 0.2) is 30.3 Å². The van der Waals surface area contributed by atoms with Crippen LogP contribution >= 0.6 is 12.4 Å². The minimum absolute atomic E-state index is 0. The molecule has 0 saturated carbocycles. The number of ether oxygens (including phenoxy) is 1. The van der Waals surface area contributed by atoms with E-state index in [0.717, 1.165) is 47.9 Å². The van der Waals surface area contributed by atoms with E-state index in [2.05, 4.69) is 11.5 Å². The molecule has 1 amide bonds. The van der Waals surface area contributed by atoms with Gasteiger partial charge in [-0.15, -0.1) is 12.4 Å². The molecule has 0 bridgehead atoms. The highest BCUT2D eigenvalue weighted by Gasteiger charge is 2.36. The molecule has 1 unspecified atom stereocenters. The van der Waals surface area contributed by atoms with Crippen molar-refractivity contribution < 1.29 is 9.53 Å². The molecule has 3 rings (SSSR count). The molecule has 26 heavy (non-hydrogen) atoms. The third-order valence-electron chi connectivity index (χ3n) is 5.33. The van der Waals surface area contributed by atoms with Crippen molar-refractivity contribution in [1.82, 2.24) is 9.47 Å². The van der Waals surface area contributed by atoms with Gasteiger partial charge in [-0.25, -0.2) is 0 Å². The molecule has 1 aliphatic heterocycles. The number of aryl methyl sites for hydroxylation is 1. The lowest BCUT2D eigenvalue weighted by atomic mass is 9.90. The van der Waals surface area contributed by atoms with Gasteiger partial charge in [0.15, 0.2) is 0 Å². The minimum atomic E-state index is 0. The van der Waals surface area contributed by atoms with Crippen LogP contribution in [0.1, 0.15) is 35.1 Å². The summed E-state index contributed by atoms with van der Waals surface area (Å²) in [4.78, 5) is 15.0. The second-order valence-electron chi connectivity index (χ2n) is 7.31. The Morgan fingerprint density at radius 2 is 1.92 bits per heavy atom. The van der Waals surface area contributed by atoms with Crippen molar-refractivity contribution in [3.8, 4) is 11.4 Å². The van der Waals surface area contributed by atoms with E-state index in [4.69, 9.17) is 10.5 Å². The molecule has 1 fully saturated rings. The molecule has 0 radical (unpaired) electrons. The number of amides is 1. The monoisotopic (exact) mass is 377 g/mol. The van der Waals surface area contributed by atoms with Gasteiger partial charge < -0.3 is 19.9 Å². The molecule has 1 saturated heterocycles. The average molecular weight is 378 g/mol. The van der Waals surface area contributed by atoms with E-state index in [1.807, 2.05) is 49.1 Å². The number of carbonyl (C=O) groups excluding carboxylic acids is 1. The van der Waals surface area contributed by atoms with Crippen LogP contribution in [0.2, 0.25) is 0 Å². The predicted octanol–water partition coefficient (Wildman–Crippen LogP) is 3.34. The zero-order chi connectivity index (χ0) is 18.2. The second kappa shape index (κ2) is 7.72. The van der Waals surface area contributed by atoms with E-state index in [1.54, 1.807) is 7.11 Å². The van der Waals surface area contributed by atoms with Crippen molar-refractivity contribution in [2.75, 3.05) is 26.7 Å². The summed E-state index contributed by atoms with van der Waals surface area (Å²) in [5.41, 5.74) is 9.73. The Balaban J connectivity index is 0.00000243. The van der Waals surface area contributed by atoms with Crippen LogP contribution in [-0.4, -0.2) is 42.1 Å². The van der Waals surface area contributed by atoms with Gasteiger partial charge in [0.25, 0.3) is 5.91 Å². The van der Waals surface area contributed by atoms with Gasteiger partial charge in [-0.3, -0.25) is 4.79 Å². The maximum atomic E-state index is 13.0. The fourth-order valence-electron chi connectivity index (χ4n) is 3.64. The van der Waals surface area contributed by atoms with Crippen LogP contribution in [0.5, 0.6) is 5.75 Å². The molecule has 1 atom stereocenters. The minimum Gasteiger partial charge on any atom is -0.497 e. The first-order chi connectivity index (χ1) is 11.9. The summed E-state index contributed by atoms with van der Waals surface area (Å²) in [5, 5.41) is 0. The normalized spacial score (nSPS) is 19.3. The highest BCUT2D eigenvalue weighted by Crippen LogP contribution is 2.31.